The maximum atomic E-state index is 13.9. The van der Waals surface area contributed by atoms with E-state index < -0.39 is 6.04 Å². The number of carbonyl (C=O) groups excluding carboxylic acids is 2. The molecule has 3 aromatic carbocycles. The average molecular weight is 482 g/mol. The third kappa shape index (κ3) is 5.46. The number of rotatable bonds is 8. The second kappa shape index (κ2) is 11.2. The molecule has 1 aliphatic carbocycles. The fraction of sp³-hybridized carbons (Fsp3) is 0.310. The number of hydrogen-bond donors (Lipinski definition) is 1. The number of aromatic nitrogens is 3. The van der Waals surface area contributed by atoms with Crippen molar-refractivity contribution >= 4 is 22.8 Å². The van der Waals surface area contributed by atoms with Crippen molar-refractivity contribution in [1.29, 1.82) is 0 Å². The number of carbonyl (C=O) groups is 2. The van der Waals surface area contributed by atoms with Crippen LogP contribution in [0.5, 0.6) is 0 Å². The number of hydrogen-bond acceptors (Lipinski definition) is 4. The molecule has 2 amide bonds. The Morgan fingerprint density at radius 3 is 2.31 bits per heavy atom. The molecule has 1 saturated carbocycles. The SMILES string of the molecule is O=C(NC1CCCCC1)C(c1ccccc1)N(Cc1ccccc1)C(=O)Cn1nnc2ccccc21. The summed E-state index contributed by atoms with van der Waals surface area (Å²) in [7, 11) is 0. The molecule has 36 heavy (non-hydrogen) atoms. The zero-order valence-corrected chi connectivity index (χ0v) is 20.3. The van der Waals surface area contributed by atoms with Crippen LogP contribution >= 0.6 is 0 Å². The Balaban J connectivity index is 1.49. The molecule has 1 heterocycles. The predicted molar refractivity (Wildman–Crippen MR) is 139 cm³/mol. The van der Waals surface area contributed by atoms with Crippen molar-refractivity contribution in [3.05, 3.63) is 96.1 Å². The van der Waals surface area contributed by atoms with E-state index in [2.05, 4.69) is 15.6 Å². The van der Waals surface area contributed by atoms with Gasteiger partial charge in [-0.05, 0) is 36.1 Å². The van der Waals surface area contributed by atoms with E-state index in [1.54, 1.807) is 9.58 Å². The van der Waals surface area contributed by atoms with Crippen LogP contribution in [0.4, 0.5) is 0 Å². The van der Waals surface area contributed by atoms with Crippen LogP contribution in [0.2, 0.25) is 0 Å². The van der Waals surface area contributed by atoms with Crippen molar-refractivity contribution in [2.75, 3.05) is 0 Å². The molecule has 0 saturated heterocycles. The molecule has 0 bridgehead atoms. The Labute approximate surface area is 211 Å². The lowest BCUT2D eigenvalue weighted by Crippen LogP contribution is -2.47. The van der Waals surface area contributed by atoms with Gasteiger partial charge in [-0.15, -0.1) is 5.10 Å². The summed E-state index contributed by atoms with van der Waals surface area (Å²) in [4.78, 5) is 29.4. The first kappa shape index (κ1) is 23.7. The molecule has 184 valence electrons. The summed E-state index contributed by atoms with van der Waals surface area (Å²) in [5.41, 5.74) is 3.27. The Morgan fingerprint density at radius 2 is 1.56 bits per heavy atom. The molecule has 1 atom stereocenters. The minimum absolute atomic E-state index is 0.00656. The third-order valence-corrected chi connectivity index (χ3v) is 6.85. The molecular formula is C29H31N5O2. The van der Waals surface area contributed by atoms with Crippen LogP contribution in [0.3, 0.4) is 0 Å². The van der Waals surface area contributed by atoms with Crippen LogP contribution in [-0.2, 0) is 22.7 Å². The number of fused-ring (bicyclic) bond motifs is 1. The summed E-state index contributed by atoms with van der Waals surface area (Å²) >= 11 is 0. The Bertz CT molecular complexity index is 1300. The summed E-state index contributed by atoms with van der Waals surface area (Å²) in [5.74, 6) is -0.331. The maximum Gasteiger partial charge on any atom is 0.247 e. The number of benzene rings is 3. The van der Waals surface area contributed by atoms with E-state index in [4.69, 9.17) is 0 Å². The monoisotopic (exact) mass is 481 g/mol. The van der Waals surface area contributed by atoms with E-state index in [9.17, 15) is 9.59 Å². The lowest BCUT2D eigenvalue weighted by atomic mass is 9.94. The maximum absolute atomic E-state index is 13.9. The van der Waals surface area contributed by atoms with E-state index in [0.717, 1.165) is 47.8 Å². The normalized spacial score (nSPS) is 14.9. The fourth-order valence-electron chi connectivity index (χ4n) is 4.99. The zero-order chi connectivity index (χ0) is 24.7. The molecule has 7 nitrogen and oxygen atoms in total. The highest BCUT2D eigenvalue weighted by atomic mass is 16.2. The van der Waals surface area contributed by atoms with Crippen molar-refractivity contribution in [3.8, 4) is 0 Å². The number of para-hydroxylation sites is 1. The molecule has 7 heteroatoms. The summed E-state index contributed by atoms with van der Waals surface area (Å²) in [6.07, 6.45) is 5.40. The molecular weight excluding hydrogens is 450 g/mol. The quantitative estimate of drug-likeness (QED) is 0.397. The number of nitrogens with one attached hydrogen (secondary N) is 1. The van der Waals surface area contributed by atoms with E-state index in [1.807, 2.05) is 84.9 Å². The van der Waals surface area contributed by atoms with Crippen molar-refractivity contribution < 1.29 is 9.59 Å². The van der Waals surface area contributed by atoms with Gasteiger partial charge in [-0.25, -0.2) is 4.68 Å². The highest BCUT2D eigenvalue weighted by Gasteiger charge is 2.33. The van der Waals surface area contributed by atoms with Crippen LogP contribution in [0.25, 0.3) is 11.0 Å². The van der Waals surface area contributed by atoms with Crippen LogP contribution in [0.1, 0.15) is 49.3 Å². The largest absolute Gasteiger partial charge is 0.351 e. The van der Waals surface area contributed by atoms with Crippen LogP contribution in [0, 0.1) is 0 Å². The van der Waals surface area contributed by atoms with Crippen molar-refractivity contribution in [2.45, 2.75) is 57.3 Å². The molecule has 1 fully saturated rings. The zero-order valence-electron chi connectivity index (χ0n) is 20.3. The van der Waals surface area contributed by atoms with Crippen molar-refractivity contribution in [2.24, 2.45) is 0 Å². The molecule has 4 aromatic rings. The van der Waals surface area contributed by atoms with E-state index >= 15 is 0 Å². The van der Waals surface area contributed by atoms with E-state index in [0.29, 0.717) is 6.54 Å². The van der Waals surface area contributed by atoms with Gasteiger partial charge in [0.1, 0.15) is 18.1 Å². The molecule has 0 aliphatic heterocycles. The Morgan fingerprint density at radius 1 is 0.889 bits per heavy atom. The molecule has 1 unspecified atom stereocenters. The smallest absolute Gasteiger partial charge is 0.247 e. The second-order valence-corrected chi connectivity index (χ2v) is 9.40. The van der Waals surface area contributed by atoms with Gasteiger partial charge in [0.15, 0.2) is 0 Å². The second-order valence-electron chi connectivity index (χ2n) is 9.40. The topological polar surface area (TPSA) is 80.1 Å². The first-order chi connectivity index (χ1) is 17.7. The highest BCUT2D eigenvalue weighted by molar-refractivity contribution is 5.89. The fourth-order valence-corrected chi connectivity index (χ4v) is 4.99. The Hall–Kier alpha value is -4.00. The third-order valence-electron chi connectivity index (χ3n) is 6.85. The molecule has 1 aromatic heterocycles. The van der Waals surface area contributed by atoms with Gasteiger partial charge in [0.25, 0.3) is 0 Å². The van der Waals surface area contributed by atoms with Gasteiger partial charge in [-0.2, -0.15) is 0 Å². The summed E-state index contributed by atoms with van der Waals surface area (Å²) < 4.78 is 1.61. The summed E-state index contributed by atoms with van der Waals surface area (Å²) in [6.45, 7) is 0.303. The standard InChI is InChI=1S/C29H31N5O2/c35-27(21-34-26-19-11-10-18-25(26)31-32-34)33(20-22-12-4-1-5-13-22)28(23-14-6-2-7-15-23)29(36)30-24-16-8-3-9-17-24/h1-2,4-7,10-15,18-19,24,28H,3,8-9,16-17,20-21H2,(H,30,36). The first-order valence-electron chi connectivity index (χ1n) is 12.7. The van der Waals surface area contributed by atoms with Crippen molar-refractivity contribution in [1.82, 2.24) is 25.2 Å². The summed E-state index contributed by atoms with van der Waals surface area (Å²) in [5, 5.41) is 11.7. The van der Waals surface area contributed by atoms with Gasteiger partial charge < -0.3 is 10.2 Å². The van der Waals surface area contributed by atoms with Gasteiger partial charge in [0.2, 0.25) is 11.8 Å². The van der Waals surface area contributed by atoms with Gasteiger partial charge >= 0.3 is 0 Å². The summed E-state index contributed by atoms with van der Waals surface area (Å²) in [6, 6.07) is 26.3. The van der Waals surface area contributed by atoms with Crippen LogP contribution in [0.15, 0.2) is 84.9 Å². The van der Waals surface area contributed by atoms with Gasteiger partial charge in [-0.3, -0.25) is 9.59 Å². The lowest BCUT2D eigenvalue weighted by molar-refractivity contribution is -0.142. The predicted octanol–water partition coefficient (Wildman–Crippen LogP) is 4.65. The minimum atomic E-state index is -0.754. The van der Waals surface area contributed by atoms with Crippen molar-refractivity contribution in [3.63, 3.8) is 0 Å². The average Bonchev–Trinajstić information content (AvgIpc) is 3.33. The minimum Gasteiger partial charge on any atom is -0.351 e. The molecule has 1 aliphatic rings. The van der Waals surface area contributed by atoms with Crippen LogP contribution < -0.4 is 5.32 Å². The Kier molecular flexibility index (Phi) is 7.36. The molecule has 0 radical (unpaired) electrons. The van der Waals surface area contributed by atoms with E-state index in [-0.39, 0.29) is 24.4 Å². The lowest BCUT2D eigenvalue weighted by Gasteiger charge is -2.33. The van der Waals surface area contributed by atoms with E-state index in [1.165, 1.54) is 6.42 Å². The van der Waals surface area contributed by atoms with Gasteiger partial charge in [-0.1, -0.05) is 97.3 Å². The molecule has 0 spiro atoms. The van der Waals surface area contributed by atoms with Gasteiger partial charge in [0.05, 0.1) is 5.52 Å². The molecule has 5 rings (SSSR count). The van der Waals surface area contributed by atoms with Gasteiger partial charge in [0, 0.05) is 12.6 Å². The first-order valence-corrected chi connectivity index (χ1v) is 12.7. The number of nitrogens with zero attached hydrogens (tertiary/aromatic N) is 4. The number of amides is 2. The van der Waals surface area contributed by atoms with Crippen LogP contribution in [-0.4, -0.2) is 37.7 Å². The highest BCUT2D eigenvalue weighted by Crippen LogP contribution is 2.26. The molecule has 1 N–H and O–H groups in total.